The number of anilines is 1. The van der Waals surface area contributed by atoms with E-state index < -0.39 is 0 Å². The number of carbonyl (C=O) groups excluding carboxylic acids is 2. The first-order valence-corrected chi connectivity index (χ1v) is 8.58. The summed E-state index contributed by atoms with van der Waals surface area (Å²) in [7, 11) is 0. The van der Waals surface area contributed by atoms with Crippen LogP contribution in [0.1, 0.15) is 43.4 Å². The second-order valence-electron chi connectivity index (χ2n) is 5.98. The molecule has 2 rings (SSSR count). The van der Waals surface area contributed by atoms with Crippen LogP contribution in [0, 0.1) is 5.41 Å². The summed E-state index contributed by atoms with van der Waals surface area (Å²) in [4.78, 5) is 24.1. The molecule has 6 heteroatoms. The predicted octanol–water partition coefficient (Wildman–Crippen LogP) is 2.96. The third-order valence-electron chi connectivity index (χ3n) is 4.00. The quantitative estimate of drug-likeness (QED) is 0.433. The minimum absolute atomic E-state index is 0.0246. The standard InChI is InChI=1S/C20H24N4O2/c1-2-17(14-6-4-3-5-7-14)24-19(26)13-12-18(25)23-16-10-8-15(9-11-16)20(21)22/h3-11,17H,2,12-13H2,1H3,(H3,21,22)(H,23,25)(H,24,26). The van der Waals surface area contributed by atoms with E-state index in [1.807, 2.05) is 37.3 Å². The molecule has 0 aliphatic carbocycles. The van der Waals surface area contributed by atoms with Crippen molar-refractivity contribution in [3.05, 3.63) is 65.7 Å². The van der Waals surface area contributed by atoms with Gasteiger partial charge in [0.1, 0.15) is 5.84 Å². The maximum Gasteiger partial charge on any atom is 0.224 e. The Morgan fingerprint density at radius 3 is 2.19 bits per heavy atom. The Morgan fingerprint density at radius 1 is 1.00 bits per heavy atom. The smallest absolute Gasteiger partial charge is 0.224 e. The molecule has 2 aromatic rings. The Hall–Kier alpha value is -3.15. The van der Waals surface area contributed by atoms with Crippen LogP contribution in [0.4, 0.5) is 5.69 Å². The van der Waals surface area contributed by atoms with Crippen LogP contribution < -0.4 is 16.4 Å². The van der Waals surface area contributed by atoms with Crippen LogP contribution in [0.25, 0.3) is 0 Å². The molecule has 136 valence electrons. The van der Waals surface area contributed by atoms with Crippen molar-refractivity contribution in [3.63, 3.8) is 0 Å². The van der Waals surface area contributed by atoms with Gasteiger partial charge >= 0.3 is 0 Å². The lowest BCUT2D eigenvalue weighted by Crippen LogP contribution is -2.29. The van der Waals surface area contributed by atoms with Gasteiger partial charge in [-0.15, -0.1) is 0 Å². The van der Waals surface area contributed by atoms with Crippen LogP contribution in [0.3, 0.4) is 0 Å². The monoisotopic (exact) mass is 352 g/mol. The fraction of sp³-hybridized carbons (Fsp3) is 0.250. The molecule has 26 heavy (non-hydrogen) atoms. The summed E-state index contributed by atoms with van der Waals surface area (Å²) in [6, 6.07) is 16.4. The van der Waals surface area contributed by atoms with E-state index in [9.17, 15) is 9.59 Å². The fourth-order valence-electron chi connectivity index (χ4n) is 2.56. The number of amides is 2. The molecule has 1 atom stereocenters. The van der Waals surface area contributed by atoms with E-state index in [0.717, 1.165) is 12.0 Å². The molecule has 0 radical (unpaired) electrons. The lowest BCUT2D eigenvalue weighted by atomic mass is 10.0. The van der Waals surface area contributed by atoms with E-state index in [1.165, 1.54) is 0 Å². The molecule has 0 spiro atoms. The molecule has 0 bridgehead atoms. The zero-order valence-electron chi connectivity index (χ0n) is 14.8. The molecular weight excluding hydrogens is 328 g/mol. The lowest BCUT2D eigenvalue weighted by Gasteiger charge is -2.17. The lowest BCUT2D eigenvalue weighted by molar-refractivity contribution is -0.124. The zero-order valence-corrected chi connectivity index (χ0v) is 14.8. The maximum absolute atomic E-state index is 12.1. The Morgan fingerprint density at radius 2 is 1.62 bits per heavy atom. The number of nitrogens with one attached hydrogen (secondary N) is 3. The van der Waals surface area contributed by atoms with E-state index in [1.54, 1.807) is 24.3 Å². The summed E-state index contributed by atoms with van der Waals surface area (Å²) in [5.41, 5.74) is 7.64. The minimum Gasteiger partial charge on any atom is -0.384 e. The molecule has 0 heterocycles. The second-order valence-corrected chi connectivity index (χ2v) is 5.98. The summed E-state index contributed by atoms with van der Waals surface area (Å²) in [6.45, 7) is 2.01. The highest BCUT2D eigenvalue weighted by atomic mass is 16.2. The molecule has 0 aliphatic rings. The van der Waals surface area contributed by atoms with Gasteiger partial charge in [-0.25, -0.2) is 0 Å². The van der Waals surface area contributed by atoms with Gasteiger partial charge in [-0.1, -0.05) is 37.3 Å². The van der Waals surface area contributed by atoms with Gasteiger partial charge in [0, 0.05) is 24.1 Å². The number of benzene rings is 2. The van der Waals surface area contributed by atoms with Gasteiger partial charge in [0.25, 0.3) is 0 Å². The molecular formula is C20H24N4O2. The number of nitrogen functional groups attached to an aromatic ring is 1. The third kappa shape index (κ3) is 5.73. The summed E-state index contributed by atoms with van der Waals surface area (Å²) in [6.07, 6.45) is 1.01. The minimum atomic E-state index is -0.233. The second kappa shape index (κ2) is 9.36. The van der Waals surface area contributed by atoms with Crippen molar-refractivity contribution >= 4 is 23.3 Å². The highest BCUT2D eigenvalue weighted by Gasteiger charge is 2.13. The first kappa shape index (κ1) is 19.2. The van der Waals surface area contributed by atoms with Gasteiger partial charge in [0.05, 0.1) is 6.04 Å². The Labute approximate surface area is 153 Å². The van der Waals surface area contributed by atoms with Crippen molar-refractivity contribution in [1.82, 2.24) is 5.32 Å². The molecule has 0 aromatic heterocycles. The van der Waals surface area contributed by atoms with Crippen LogP contribution >= 0.6 is 0 Å². The zero-order chi connectivity index (χ0) is 18.9. The maximum atomic E-state index is 12.1. The topological polar surface area (TPSA) is 108 Å². The van der Waals surface area contributed by atoms with Crippen molar-refractivity contribution in [2.45, 2.75) is 32.2 Å². The summed E-state index contributed by atoms with van der Waals surface area (Å²) in [5.74, 6) is -0.408. The highest BCUT2D eigenvalue weighted by molar-refractivity contribution is 5.96. The molecule has 1 unspecified atom stereocenters. The molecule has 2 amide bonds. The van der Waals surface area contributed by atoms with Crippen molar-refractivity contribution < 1.29 is 9.59 Å². The normalized spacial score (nSPS) is 11.4. The number of rotatable bonds is 8. The Kier molecular flexibility index (Phi) is 6.91. The van der Waals surface area contributed by atoms with Gasteiger partial charge in [0.2, 0.25) is 11.8 Å². The van der Waals surface area contributed by atoms with Gasteiger partial charge in [-0.3, -0.25) is 15.0 Å². The summed E-state index contributed by atoms with van der Waals surface area (Å²) < 4.78 is 0. The molecule has 5 N–H and O–H groups in total. The number of amidine groups is 1. The number of hydrogen-bond donors (Lipinski definition) is 4. The number of nitrogens with two attached hydrogens (primary N) is 1. The van der Waals surface area contributed by atoms with Crippen molar-refractivity contribution in [2.75, 3.05) is 5.32 Å². The van der Waals surface area contributed by atoms with Crippen molar-refractivity contribution in [3.8, 4) is 0 Å². The molecule has 0 fully saturated rings. The van der Waals surface area contributed by atoms with Crippen LogP contribution in [0.15, 0.2) is 54.6 Å². The molecule has 0 saturated carbocycles. The largest absolute Gasteiger partial charge is 0.384 e. The fourth-order valence-corrected chi connectivity index (χ4v) is 2.56. The van der Waals surface area contributed by atoms with E-state index in [-0.39, 0.29) is 36.5 Å². The number of carbonyl (C=O) groups is 2. The highest BCUT2D eigenvalue weighted by Crippen LogP contribution is 2.16. The Balaban J connectivity index is 1.80. The van der Waals surface area contributed by atoms with Crippen LogP contribution in [0.5, 0.6) is 0 Å². The van der Waals surface area contributed by atoms with Crippen LogP contribution in [0.2, 0.25) is 0 Å². The first-order chi connectivity index (χ1) is 12.5. The molecule has 0 saturated heterocycles. The van der Waals surface area contributed by atoms with Gasteiger partial charge in [0.15, 0.2) is 0 Å². The van der Waals surface area contributed by atoms with E-state index >= 15 is 0 Å². The van der Waals surface area contributed by atoms with Gasteiger partial charge in [-0.05, 0) is 36.2 Å². The Bertz CT molecular complexity index is 757. The van der Waals surface area contributed by atoms with Gasteiger partial charge in [-0.2, -0.15) is 0 Å². The van der Waals surface area contributed by atoms with Crippen LogP contribution in [-0.2, 0) is 9.59 Å². The third-order valence-corrected chi connectivity index (χ3v) is 4.00. The van der Waals surface area contributed by atoms with Crippen molar-refractivity contribution in [1.29, 1.82) is 5.41 Å². The SMILES string of the molecule is CCC(NC(=O)CCC(=O)Nc1ccc(C(=N)N)cc1)c1ccccc1. The average molecular weight is 352 g/mol. The summed E-state index contributed by atoms with van der Waals surface area (Å²) >= 11 is 0. The van der Waals surface area contributed by atoms with Gasteiger partial charge < -0.3 is 16.4 Å². The molecule has 2 aromatic carbocycles. The number of hydrogen-bond acceptors (Lipinski definition) is 3. The predicted molar refractivity (Wildman–Crippen MR) is 103 cm³/mol. The first-order valence-electron chi connectivity index (χ1n) is 8.58. The van der Waals surface area contributed by atoms with Crippen LogP contribution in [-0.4, -0.2) is 17.6 Å². The van der Waals surface area contributed by atoms with E-state index in [4.69, 9.17) is 11.1 Å². The molecule has 0 aliphatic heterocycles. The summed E-state index contributed by atoms with van der Waals surface area (Å²) in [5, 5.41) is 13.0. The van der Waals surface area contributed by atoms with E-state index in [2.05, 4.69) is 10.6 Å². The molecule has 6 nitrogen and oxygen atoms in total. The van der Waals surface area contributed by atoms with Crippen molar-refractivity contribution in [2.24, 2.45) is 5.73 Å². The van der Waals surface area contributed by atoms with E-state index in [0.29, 0.717) is 11.3 Å². The average Bonchev–Trinajstić information content (AvgIpc) is 2.65.